The Hall–Kier alpha value is -2.42. The first-order valence-electron chi connectivity index (χ1n) is 7.45. The molecule has 3 heteroatoms. The molecule has 0 fully saturated rings. The van der Waals surface area contributed by atoms with Gasteiger partial charge in [-0.1, -0.05) is 38.1 Å². The van der Waals surface area contributed by atoms with Crippen LogP contribution in [0.1, 0.15) is 32.0 Å². The normalized spacial score (nSPS) is 13.2. The van der Waals surface area contributed by atoms with Crippen LogP contribution >= 0.6 is 0 Å². The van der Waals surface area contributed by atoms with Gasteiger partial charge in [0.1, 0.15) is 11.5 Å². The third-order valence-corrected chi connectivity index (χ3v) is 4.22. The molecule has 1 atom stereocenters. The number of fused-ring (bicyclic) bond motifs is 5. The number of para-hydroxylation sites is 3. The molecule has 0 N–H and O–H groups in total. The molecular weight excluding hydrogens is 258 g/mol. The van der Waals surface area contributed by atoms with E-state index >= 15 is 0 Å². The minimum atomic E-state index is 0.398. The van der Waals surface area contributed by atoms with Gasteiger partial charge in [-0.3, -0.25) is 4.40 Å². The number of nitrogens with zero attached hydrogens (tertiary/aromatic N) is 3. The third-order valence-electron chi connectivity index (χ3n) is 4.22. The fourth-order valence-electron chi connectivity index (χ4n) is 2.89. The van der Waals surface area contributed by atoms with E-state index in [1.807, 2.05) is 18.2 Å². The summed E-state index contributed by atoms with van der Waals surface area (Å²) in [7, 11) is 0. The monoisotopic (exact) mass is 275 g/mol. The molecule has 1 unspecified atom stereocenters. The molecule has 21 heavy (non-hydrogen) atoms. The van der Waals surface area contributed by atoms with Crippen LogP contribution in [0.5, 0.6) is 0 Å². The zero-order chi connectivity index (χ0) is 14.4. The molecule has 0 aliphatic rings. The zero-order valence-corrected chi connectivity index (χ0v) is 12.2. The third kappa shape index (κ3) is 1.74. The number of benzene rings is 2. The van der Waals surface area contributed by atoms with E-state index in [1.165, 1.54) is 0 Å². The largest absolute Gasteiger partial charge is 0.280 e. The van der Waals surface area contributed by atoms with Crippen LogP contribution in [0.25, 0.3) is 27.6 Å². The van der Waals surface area contributed by atoms with Gasteiger partial charge >= 0.3 is 0 Å². The van der Waals surface area contributed by atoms with Crippen molar-refractivity contribution in [3.63, 3.8) is 0 Å². The van der Waals surface area contributed by atoms with E-state index in [0.717, 1.165) is 39.8 Å². The van der Waals surface area contributed by atoms with Gasteiger partial charge in [0.05, 0.1) is 16.6 Å². The van der Waals surface area contributed by atoms with Crippen LogP contribution in [0.3, 0.4) is 0 Å². The van der Waals surface area contributed by atoms with Crippen molar-refractivity contribution in [1.82, 2.24) is 14.4 Å². The van der Waals surface area contributed by atoms with Gasteiger partial charge in [-0.2, -0.15) is 0 Å². The Labute approximate surface area is 123 Å². The first-order chi connectivity index (χ1) is 10.3. The number of hydrogen-bond donors (Lipinski definition) is 0. The lowest BCUT2D eigenvalue weighted by Gasteiger charge is -2.13. The number of rotatable bonds is 2. The SMILES string of the molecule is CCC(C)c1nc2ccccc2c2nc3ccccc3n12. The molecule has 0 saturated heterocycles. The maximum Gasteiger partial charge on any atom is 0.148 e. The van der Waals surface area contributed by atoms with E-state index in [1.54, 1.807) is 0 Å². The van der Waals surface area contributed by atoms with E-state index in [0.29, 0.717) is 5.92 Å². The second kappa shape index (κ2) is 4.55. The quantitative estimate of drug-likeness (QED) is 0.537. The highest BCUT2D eigenvalue weighted by molar-refractivity contribution is 5.96. The molecule has 0 amide bonds. The van der Waals surface area contributed by atoms with E-state index in [9.17, 15) is 0 Å². The topological polar surface area (TPSA) is 30.2 Å². The highest BCUT2D eigenvalue weighted by Crippen LogP contribution is 2.28. The summed E-state index contributed by atoms with van der Waals surface area (Å²) in [4.78, 5) is 9.76. The van der Waals surface area contributed by atoms with Crippen LogP contribution in [-0.2, 0) is 0 Å². The van der Waals surface area contributed by atoms with Gasteiger partial charge in [0, 0.05) is 11.3 Å². The second-order valence-electron chi connectivity index (χ2n) is 5.56. The second-order valence-corrected chi connectivity index (χ2v) is 5.56. The van der Waals surface area contributed by atoms with Crippen molar-refractivity contribution >= 4 is 27.6 Å². The molecular formula is C18H17N3. The van der Waals surface area contributed by atoms with E-state index < -0.39 is 0 Å². The molecule has 0 radical (unpaired) electrons. The average Bonchev–Trinajstić information content (AvgIpc) is 2.93. The summed E-state index contributed by atoms with van der Waals surface area (Å²) in [6.45, 7) is 4.43. The van der Waals surface area contributed by atoms with Crippen LogP contribution in [0.15, 0.2) is 48.5 Å². The molecule has 2 heterocycles. The molecule has 104 valence electrons. The Morgan fingerprint density at radius 1 is 0.952 bits per heavy atom. The highest BCUT2D eigenvalue weighted by atomic mass is 15.1. The molecule has 0 aliphatic carbocycles. The molecule has 3 nitrogen and oxygen atoms in total. The Bertz CT molecular complexity index is 953. The molecule has 2 aromatic heterocycles. The minimum Gasteiger partial charge on any atom is -0.280 e. The summed E-state index contributed by atoms with van der Waals surface area (Å²) in [6.07, 6.45) is 1.06. The van der Waals surface area contributed by atoms with E-state index in [4.69, 9.17) is 9.97 Å². The first-order valence-corrected chi connectivity index (χ1v) is 7.45. The van der Waals surface area contributed by atoms with Crippen molar-refractivity contribution in [2.75, 3.05) is 0 Å². The molecule has 2 aromatic carbocycles. The Morgan fingerprint density at radius 3 is 2.48 bits per heavy atom. The maximum atomic E-state index is 4.92. The van der Waals surface area contributed by atoms with Crippen LogP contribution in [-0.4, -0.2) is 14.4 Å². The van der Waals surface area contributed by atoms with Crippen molar-refractivity contribution in [2.45, 2.75) is 26.2 Å². The van der Waals surface area contributed by atoms with Gasteiger partial charge in [0.2, 0.25) is 0 Å². The fourth-order valence-corrected chi connectivity index (χ4v) is 2.89. The summed E-state index contributed by atoms with van der Waals surface area (Å²) in [5, 5.41) is 1.11. The van der Waals surface area contributed by atoms with Crippen molar-refractivity contribution in [3.05, 3.63) is 54.4 Å². The molecule has 0 bridgehead atoms. The lowest BCUT2D eigenvalue weighted by Crippen LogP contribution is -2.05. The molecule has 4 aromatic rings. The van der Waals surface area contributed by atoms with Gasteiger partial charge in [0.25, 0.3) is 0 Å². The van der Waals surface area contributed by atoms with Crippen molar-refractivity contribution in [2.24, 2.45) is 0 Å². The van der Waals surface area contributed by atoms with Crippen molar-refractivity contribution in [1.29, 1.82) is 0 Å². The summed E-state index contributed by atoms with van der Waals surface area (Å²) < 4.78 is 2.23. The fraction of sp³-hybridized carbons (Fsp3) is 0.222. The number of aromatic nitrogens is 3. The smallest absolute Gasteiger partial charge is 0.148 e. The van der Waals surface area contributed by atoms with Gasteiger partial charge in [0.15, 0.2) is 0 Å². The lowest BCUT2D eigenvalue weighted by molar-refractivity contribution is 0.675. The van der Waals surface area contributed by atoms with Crippen LogP contribution in [0.4, 0.5) is 0 Å². The van der Waals surface area contributed by atoms with Crippen LogP contribution < -0.4 is 0 Å². The van der Waals surface area contributed by atoms with Crippen LogP contribution in [0.2, 0.25) is 0 Å². The van der Waals surface area contributed by atoms with Gasteiger partial charge in [-0.15, -0.1) is 0 Å². The van der Waals surface area contributed by atoms with Gasteiger partial charge < -0.3 is 0 Å². The van der Waals surface area contributed by atoms with Crippen LogP contribution in [0, 0.1) is 0 Å². The first kappa shape index (κ1) is 12.3. The number of imidazole rings is 1. The van der Waals surface area contributed by atoms with E-state index in [-0.39, 0.29) is 0 Å². The maximum absolute atomic E-state index is 4.92. The summed E-state index contributed by atoms with van der Waals surface area (Å²) >= 11 is 0. The zero-order valence-electron chi connectivity index (χ0n) is 12.2. The Morgan fingerprint density at radius 2 is 1.67 bits per heavy atom. The highest BCUT2D eigenvalue weighted by Gasteiger charge is 2.16. The molecule has 0 aliphatic heterocycles. The van der Waals surface area contributed by atoms with Gasteiger partial charge in [-0.25, -0.2) is 9.97 Å². The van der Waals surface area contributed by atoms with Crippen molar-refractivity contribution < 1.29 is 0 Å². The summed E-state index contributed by atoms with van der Waals surface area (Å²) in [5.74, 6) is 1.50. The Kier molecular flexibility index (Phi) is 2.67. The summed E-state index contributed by atoms with van der Waals surface area (Å²) in [6, 6.07) is 16.5. The van der Waals surface area contributed by atoms with Gasteiger partial charge in [-0.05, 0) is 30.7 Å². The molecule has 0 spiro atoms. The molecule has 0 saturated carbocycles. The lowest BCUT2D eigenvalue weighted by atomic mass is 10.1. The Balaban J connectivity index is 2.27. The van der Waals surface area contributed by atoms with Crippen molar-refractivity contribution in [3.8, 4) is 0 Å². The molecule has 4 rings (SSSR count). The van der Waals surface area contributed by atoms with E-state index in [2.05, 4.69) is 48.6 Å². The standard InChI is InChI=1S/C18H17N3/c1-3-12(2)17-19-14-9-5-4-8-13(14)18-20-15-10-6-7-11-16(15)21(17)18/h4-12H,3H2,1-2H3. The predicted molar refractivity (Wildman–Crippen MR) is 86.7 cm³/mol. The number of hydrogen-bond acceptors (Lipinski definition) is 2. The summed E-state index contributed by atoms with van der Waals surface area (Å²) in [5.41, 5.74) is 4.20. The average molecular weight is 275 g/mol. The minimum absolute atomic E-state index is 0.398. The predicted octanol–water partition coefficient (Wildman–Crippen LogP) is 4.55.